The van der Waals surface area contributed by atoms with Crippen molar-refractivity contribution >= 4 is 17.1 Å². The quantitative estimate of drug-likeness (QED) is 0.452. The zero-order valence-electron chi connectivity index (χ0n) is 16.7. The molecule has 0 atom stereocenters. The van der Waals surface area contributed by atoms with E-state index < -0.39 is 0 Å². The summed E-state index contributed by atoms with van der Waals surface area (Å²) >= 11 is 0. The van der Waals surface area contributed by atoms with Gasteiger partial charge in [0, 0.05) is 47.8 Å². The second-order valence-corrected chi connectivity index (χ2v) is 8.83. The van der Waals surface area contributed by atoms with Gasteiger partial charge in [-0.15, -0.1) is 0 Å². The van der Waals surface area contributed by atoms with Crippen molar-refractivity contribution in [3.8, 4) is 0 Å². The molecule has 2 fully saturated rings. The maximum absolute atomic E-state index is 8.98. The third-order valence-electron chi connectivity index (χ3n) is 7.06. The monoisotopic (exact) mass is 367 g/mol. The fraction of sp³-hybridized carbons (Fsp3) is 0.609. The number of benzene rings is 1. The van der Waals surface area contributed by atoms with Crippen molar-refractivity contribution in [3.05, 3.63) is 36.0 Å². The Balaban J connectivity index is 1.42. The first-order valence-electron chi connectivity index (χ1n) is 10.7. The van der Waals surface area contributed by atoms with E-state index in [0.717, 1.165) is 23.4 Å². The van der Waals surface area contributed by atoms with E-state index in [1.165, 1.54) is 62.5 Å². The van der Waals surface area contributed by atoms with Crippen molar-refractivity contribution in [2.45, 2.75) is 64.5 Å². The van der Waals surface area contributed by atoms with Gasteiger partial charge in [-0.2, -0.15) is 0 Å². The van der Waals surface area contributed by atoms with Crippen LogP contribution >= 0.6 is 0 Å². The average Bonchev–Trinajstić information content (AvgIpc) is 3.07. The van der Waals surface area contributed by atoms with Gasteiger partial charge in [0.15, 0.2) is 0 Å². The minimum atomic E-state index is 0.541. The van der Waals surface area contributed by atoms with Crippen molar-refractivity contribution in [1.82, 2.24) is 9.47 Å². The zero-order chi connectivity index (χ0) is 18.8. The Morgan fingerprint density at radius 3 is 2.37 bits per heavy atom. The molecule has 1 aromatic heterocycles. The van der Waals surface area contributed by atoms with Gasteiger partial charge < -0.3 is 14.7 Å². The lowest BCUT2D eigenvalue weighted by molar-refractivity contribution is 0.0894. The maximum atomic E-state index is 8.98. The lowest BCUT2D eigenvalue weighted by atomic mass is 9.79. The molecule has 2 heterocycles. The van der Waals surface area contributed by atoms with E-state index in [9.17, 15) is 0 Å². The van der Waals surface area contributed by atoms with Crippen molar-refractivity contribution < 1.29 is 5.21 Å². The van der Waals surface area contributed by atoms with Gasteiger partial charge in [0.2, 0.25) is 0 Å². The van der Waals surface area contributed by atoms with E-state index in [-0.39, 0.29) is 0 Å². The van der Waals surface area contributed by atoms with Gasteiger partial charge in [-0.05, 0) is 56.4 Å². The number of oxime groups is 1. The largest absolute Gasteiger partial charge is 0.411 e. The summed E-state index contributed by atoms with van der Waals surface area (Å²) in [6, 6.07) is 9.80. The molecule has 0 amide bonds. The Kier molecular flexibility index (Phi) is 5.53. The standard InChI is InChI=1S/C23H33N3O/c1-17(2)18-7-9-20(10-8-18)25-13-11-21(12-14-25)26-16-19(15-24-27)22-5-3-4-6-23(22)26/h3-6,15-18,20-21,27H,7-14H2,1-2H3/b24-15+. The van der Waals surface area contributed by atoms with Crippen LogP contribution in [0.2, 0.25) is 0 Å². The minimum absolute atomic E-state index is 0.541. The van der Waals surface area contributed by atoms with Crippen LogP contribution in [-0.2, 0) is 0 Å². The Morgan fingerprint density at radius 1 is 1.00 bits per heavy atom. The van der Waals surface area contributed by atoms with E-state index in [1.54, 1.807) is 6.21 Å². The highest BCUT2D eigenvalue weighted by Crippen LogP contribution is 2.35. The Hall–Kier alpha value is -1.81. The summed E-state index contributed by atoms with van der Waals surface area (Å²) in [6.07, 6.45) is 11.7. The first kappa shape index (κ1) is 18.5. The second-order valence-electron chi connectivity index (χ2n) is 8.83. The third kappa shape index (κ3) is 3.77. The molecule has 27 heavy (non-hydrogen) atoms. The van der Waals surface area contributed by atoms with Crippen LogP contribution < -0.4 is 0 Å². The van der Waals surface area contributed by atoms with Crippen LogP contribution in [0.1, 0.15) is 64.0 Å². The SMILES string of the molecule is CC(C)C1CCC(N2CCC(n3cc(/C=N/O)c4ccccc43)CC2)CC1. The lowest BCUT2D eigenvalue weighted by Crippen LogP contribution is -2.43. The molecular weight excluding hydrogens is 334 g/mol. The van der Waals surface area contributed by atoms with Gasteiger partial charge in [-0.3, -0.25) is 0 Å². The van der Waals surface area contributed by atoms with Crippen molar-refractivity contribution in [1.29, 1.82) is 0 Å². The number of aromatic nitrogens is 1. The second kappa shape index (κ2) is 8.05. The third-order valence-corrected chi connectivity index (χ3v) is 7.06. The molecule has 1 aliphatic carbocycles. The summed E-state index contributed by atoms with van der Waals surface area (Å²) in [7, 11) is 0. The van der Waals surface area contributed by atoms with Gasteiger partial charge in [0.1, 0.15) is 0 Å². The molecule has 1 aliphatic heterocycles. The smallest absolute Gasteiger partial charge is 0.0755 e. The summed E-state index contributed by atoms with van der Waals surface area (Å²) < 4.78 is 2.42. The highest BCUT2D eigenvalue weighted by atomic mass is 16.4. The topological polar surface area (TPSA) is 40.8 Å². The number of rotatable bonds is 4. The maximum Gasteiger partial charge on any atom is 0.0755 e. The molecule has 1 N–H and O–H groups in total. The molecule has 1 saturated carbocycles. The van der Waals surface area contributed by atoms with Gasteiger partial charge in [0.25, 0.3) is 0 Å². The number of hydrogen-bond donors (Lipinski definition) is 1. The molecule has 0 bridgehead atoms. The summed E-state index contributed by atoms with van der Waals surface area (Å²) in [5.41, 5.74) is 2.26. The predicted molar refractivity (Wildman–Crippen MR) is 112 cm³/mol. The number of likely N-dealkylation sites (tertiary alicyclic amines) is 1. The van der Waals surface area contributed by atoms with Crippen molar-refractivity contribution in [2.75, 3.05) is 13.1 Å². The normalized spacial score (nSPS) is 25.7. The van der Waals surface area contributed by atoms with Crippen LogP contribution in [0.4, 0.5) is 0 Å². The zero-order valence-corrected chi connectivity index (χ0v) is 16.7. The van der Waals surface area contributed by atoms with Gasteiger partial charge in [-0.1, -0.05) is 37.2 Å². The molecule has 0 unspecified atom stereocenters. The minimum Gasteiger partial charge on any atom is -0.411 e. The summed E-state index contributed by atoms with van der Waals surface area (Å²) in [6.45, 7) is 7.18. The molecule has 1 saturated heterocycles. The number of para-hydroxylation sites is 1. The van der Waals surface area contributed by atoms with E-state index in [2.05, 4.69) is 58.9 Å². The lowest BCUT2D eigenvalue weighted by Gasteiger charge is -2.42. The first-order valence-corrected chi connectivity index (χ1v) is 10.7. The number of hydrogen-bond acceptors (Lipinski definition) is 3. The fourth-order valence-electron chi connectivity index (χ4n) is 5.36. The Bertz CT molecular complexity index is 778. The van der Waals surface area contributed by atoms with E-state index >= 15 is 0 Å². The summed E-state index contributed by atoms with van der Waals surface area (Å²) in [5, 5.41) is 13.4. The van der Waals surface area contributed by atoms with E-state index in [1.807, 2.05) is 0 Å². The Labute approximate surface area is 162 Å². The molecule has 146 valence electrons. The van der Waals surface area contributed by atoms with Gasteiger partial charge in [0.05, 0.1) is 6.21 Å². The molecule has 2 aromatic rings. The summed E-state index contributed by atoms with van der Waals surface area (Å²) in [4.78, 5) is 2.76. The van der Waals surface area contributed by atoms with Crippen LogP contribution in [0.25, 0.3) is 10.9 Å². The molecule has 4 heteroatoms. The van der Waals surface area contributed by atoms with Crippen LogP contribution in [0.15, 0.2) is 35.6 Å². The van der Waals surface area contributed by atoms with Gasteiger partial charge >= 0.3 is 0 Å². The average molecular weight is 368 g/mol. The molecule has 4 nitrogen and oxygen atoms in total. The fourth-order valence-corrected chi connectivity index (χ4v) is 5.36. The summed E-state index contributed by atoms with van der Waals surface area (Å²) in [5.74, 6) is 1.78. The molecule has 0 radical (unpaired) electrons. The first-order chi connectivity index (χ1) is 13.2. The number of nitrogens with zero attached hydrogens (tertiary/aromatic N) is 3. The van der Waals surface area contributed by atoms with Crippen LogP contribution in [-0.4, -0.2) is 40.0 Å². The van der Waals surface area contributed by atoms with Crippen molar-refractivity contribution in [2.24, 2.45) is 17.0 Å². The predicted octanol–water partition coefficient (Wildman–Crippen LogP) is 5.30. The highest BCUT2D eigenvalue weighted by Gasteiger charge is 2.30. The van der Waals surface area contributed by atoms with E-state index in [4.69, 9.17) is 5.21 Å². The van der Waals surface area contributed by atoms with Crippen LogP contribution in [0.5, 0.6) is 0 Å². The van der Waals surface area contributed by atoms with Gasteiger partial charge in [-0.25, -0.2) is 0 Å². The molecule has 2 aliphatic rings. The van der Waals surface area contributed by atoms with Crippen LogP contribution in [0.3, 0.4) is 0 Å². The number of fused-ring (bicyclic) bond motifs is 1. The Morgan fingerprint density at radius 2 is 1.70 bits per heavy atom. The van der Waals surface area contributed by atoms with Crippen molar-refractivity contribution in [3.63, 3.8) is 0 Å². The van der Waals surface area contributed by atoms with Crippen LogP contribution in [0, 0.1) is 11.8 Å². The number of piperidine rings is 1. The molecular formula is C23H33N3O. The van der Waals surface area contributed by atoms with E-state index in [0.29, 0.717) is 6.04 Å². The molecule has 1 aromatic carbocycles. The highest BCUT2D eigenvalue weighted by molar-refractivity contribution is 5.99. The molecule has 4 rings (SSSR count). The molecule has 0 spiro atoms.